The molecule has 2 N–H and O–H groups in total. The quantitative estimate of drug-likeness (QED) is 0.731. The highest BCUT2D eigenvalue weighted by Gasteiger charge is 2.29. The molecule has 128 valence electrons. The fourth-order valence-electron chi connectivity index (χ4n) is 3.23. The van der Waals surface area contributed by atoms with Crippen LogP contribution in [-0.4, -0.2) is 67.6 Å². The third-order valence-corrected chi connectivity index (χ3v) is 4.62. The molecule has 2 aliphatic rings. The minimum absolute atomic E-state index is 0.178. The third-order valence-electron chi connectivity index (χ3n) is 4.62. The summed E-state index contributed by atoms with van der Waals surface area (Å²) < 4.78 is 0. The third kappa shape index (κ3) is 5.76. The number of urea groups is 1. The zero-order valence-corrected chi connectivity index (χ0v) is 14.1. The lowest BCUT2D eigenvalue weighted by Gasteiger charge is -2.36. The smallest absolute Gasteiger partial charge is 0.315 e. The van der Waals surface area contributed by atoms with E-state index in [0.29, 0.717) is 19.0 Å². The second-order valence-electron chi connectivity index (χ2n) is 6.18. The molecule has 6 nitrogen and oxygen atoms in total. The lowest BCUT2D eigenvalue weighted by Crippen LogP contribution is -2.51. The number of hydrogen-bond acceptors (Lipinski definition) is 3. The molecular formula is C17H28N4O2. The van der Waals surface area contributed by atoms with E-state index in [9.17, 15) is 9.59 Å². The zero-order chi connectivity index (χ0) is 16.5. The number of piperazine rings is 1. The maximum Gasteiger partial charge on any atom is 0.315 e. The Labute approximate surface area is 139 Å². The lowest BCUT2D eigenvalue weighted by molar-refractivity contribution is -0.137. The van der Waals surface area contributed by atoms with Gasteiger partial charge in [-0.3, -0.25) is 9.69 Å². The summed E-state index contributed by atoms with van der Waals surface area (Å²) in [6, 6.07) is -0.178. The van der Waals surface area contributed by atoms with Crippen molar-refractivity contribution in [3.63, 3.8) is 0 Å². The van der Waals surface area contributed by atoms with Crippen LogP contribution < -0.4 is 10.6 Å². The summed E-state index contributed by atoms with van der Waals surface area (Å²) in [7, 11) is 0. The molecule has 1 heterocycles. The second-order valence-corrected chi connectivity index (χ2v) is 6.18. The van der Waals surface area contributed by atoms with Crippen LogP contribution in [0.25, 0.3) is 0 Å². The van der Waals surface area contributed by atoms with Gasteiger partial charge in [-0.25, -0.2) is 4.79 Å². The molecule has 0 radical (unpaired) electrons. The molecule has 2 fully saturated rings. The van der Waals surface area contributed by atoms with Gasteiger partial charge in [0.15, 0.2) is 0 Å². The maximum absolute atomic E-state index is 12.4. The van der Waals surface area contributed by atoms with E-state index in [2.05, 4.69) is 27.4 Å². The van der Waals surface area contributed by atoms with Crippen LogP contribution >= 0.6 is 0 Å². The van der Waals surface area contributed by atoms with E-state index in [1.54, 1.807) is 6.92 Å². The summed E-state index contributed by atoms with van der Waals surface area (Å²) in [6.45, 7) is 6.97. The molecule has 0 bridgehead atoms. The van der Waals surface area contributed by atoms with Crippen molar-refractivity contribution >= 4 is 11.9 Å². The topological polar surface area (TPSA) is 64.7 Å². The minimum atomic E-state index is -0.178. The summed E-state index contributed by atoms with van der Waals surface area (Å²) >= 11 is 0. The fourth-order valence-corrected chi connectivity index (χ4v) is 3.23. The molecule has 23 heavy (non-hydrogen) atoms. The Hall–Kier alpha value is -1.74. The van der Waals surface area contributed by atoms with Crippen molar-refractivity contribution in [3.05, 3.63) is 0 Å². The Morgan fingerprint density at radius 3 is 2.43 bits per heavy atom. The summed E-state index contributed by atoms with van der Waals surface area (Å²) in [6.07, 6.45) is 4.54. The lowest BCUT2D eigenvalue weighted by atomic mass is 10.1. The van der Waals surface area contributed by atoms with Crippen LogP contribution in [0.5, 0.6) is 0 Å². The number of carbonyl (C=O) groups is 2. The van der Waals surface area contributed by atoms with Crippen molar-refractivity contribution in [3.8, 4) is 11.8 Å². The van der Waals surface area contributed by atoms with Crippen LogP contribution in [0.1, 0.15) is 32.6 Å². The first kappa shape index (κ1) is 17.6. The normalized spacial score (nSPS) is 19.1. The van der Waals surface area contributed by atoms with E-state index in [1.165, 1.54) is 12.8 Å². The van der Waals surface area contributed by atoms with Gasteiger partial charge in [0.1, 0.15) is 0 Å². The first-order valence-electron chi connectivity index (χ1n) is 8.63. The highest BCUT2D eigenvalue weighted by molar-refractivity contribution is 5.79. The molecule has 2 rings (SSSR count). The largest absolute Gasteiger partial charge is 0.340 e. The molecule has 6 heteroatoms. The van der Waals surface area contributed by atoms with Crippen molar-refractivity contribution in [2.75, 3.05) is 45.8 Å². The molecule has 1 saturated heterocycles. The Bertz CT molecular complexity index is 455. The highest BCUT2D eigenvalue weighted by atomic mass is 16.2. The molecule has 1 saturated carbocycles. The SMILES string of the molecule is CC#CCNC(=O)NCCN1CCN(C(=O)C2CCCC2)CC1. The number of carbonyl (C=O) groups excluding carboxylic acids is 2. The van der Waals surface area contributed by atoms with Gasteiger partial charge in [0.25, 0.3) is 0 Å². The van der Waals surface area contributed by atoms with Crippen molar-refractivity contribution < 1.29 is 9.59 Å². The number of nitrogens with one attached hydrogen (secondary N) is 2. The fraction of sp³-hybridized carbons (Fsp3) is 0.765. The van der Waals surface area contributed by atoms with Gasteiger partial charge in [0.05, 0.1) is 6.54 Å². The first-order valence-corrected chi connectivity index (χ1v) is 8.63. The molecule has 0 aromatic heterocycles. The van der Waals surface area contributed by atoms with Crippen molar-refractivity contribution in [1.82, 2.24) is 20.4 Å². The molecule has 0 aromatic carbocycles. The van der Waals surface area contributed by atoms with E-state index in [0.717, 1.165) is 45.6 Å². The van der Waals surface area contributed by atoms with Crippen LogP contribution in [0, 0.1) is 17.8 Å². The first-order chi connectivity index (χ1) is 11.2. The van der Waals surface area contributed by atoms with Gasteiger partial charge >= 0.3 is 6.03 Å². The average molecular weight is 320 g/mol. The molecule has 0 atom stereocenters. The van der Waals surface area contributed by atoms with Crippen LogP contribution in [-0.2, 0) is 4.79 Å². The van der Waals surface area contributed by atoms with Crippen molar-refractivity contribution in [1.29, 1.82) is 0 Å². The predicted molar refractivity (Wildman–Crippen MR) is 89.8 cm³/mol. The van der Waals surface area contributed by atoms with Gasteiger partial charge in [-0.05, 0) is 19.8 Å². The van der Waals surface area contributed by atoms with Crippen LogP contribution in [0.3, 0.4) is 0 Å². The highest BCUT2D eigenvalue weighted by Crippen LogP contribution is 2.26. The monoisotopic (exact) mass is 320 g/mol. The standard InChI is InChI=1S/C17H28N4O2/c1-2-3-8-18-17(23)19-9-10-20-11-13-21(14-12-20)16(22)15-6-4-5-7-15/h15H,4-14H2,1H3,(H2,18,19,23). The number of nitrogens with zero attached hydrogens (tertiary/aromatic N) is 2. The molecule has 1 aliphatic carbocycles. The Kier molecular flexibility index (Phi) is 7.21. The Morgan fingerprint density at radius 2 is 1.78 bits per heavy atom. The number of hydrogen-bond donors (Lipinski definition) is 2. The van der Waals surface area contributed by atoms with Crippen LogP contribution in [0.4, 0.5) is 4.79 Å². The molecule has 0 spiro atoms. The van der Waals surface area contributed by atoms with Gasteiger partial charge in [-0.1, -0.05) is 18.8 Å². The summed E-state index contributed by atoms with van der Waals surface area (Å²) in [5, 5.41) is 5.51. The summed E-state index contributed by atoms with van der Waals surface area (Å²) in [5.74, 6) is 6.15. The van der Waals surface area contributed by atoms with E-state index in [-0.39, 0.29) is 11.9 Å². The predicted octanol–water partition coefficient (Wildman–Crippen LogP) is 0.643. The minimum Gasteiger partial charge on any atom is -0.340 e. The van der Waals surface area contributed by atoms with E-state index < -0.39 is 0 Å². The second kappa shape index (κ2) is 9.41. The molecular weight excluding hydrogens is 292 g/mol. The summed E-state index contributed by atoms with van der Waals surface area (Å²) in [5.41, 5.74) is 0. The van der Waals surface area contributed by atoms with Gasteiger partial charge < -0.3 is 15.5 Å². The molecule has 0 unspecified atom stereocenters. The van der Waals surface area contributed by atoms with Crippen LogP contribution in [0.2, 0.25) is 0 Å². The van der Waals surface area contributed by atoms with Crippen molar-refractivity contribution in [2.45, 2.75) is 32.6 Å². The maximum atomic E-state index is 12.4. The van der Waals surface area contributed by atoms with Gasteiger partial charge in [-0.15, -0.1) is 5.92 Å². The van der Waals surface area contributed by atoms with Gasteiger partial charge in [0, 0.05) is 45.2 Å². The van der Waals surface area contributed by atoms with E-state index in [1.807, 2.05) is 4.90 Å². The Balaban J connectivity index is 1.58. The Morgan fingerprint density at radius 1 is 1.09 bits per heavy atom. The van der Waals surface area contributed by atoms with Gasteiger partial charge in [0.2, 0.25) is 5.91 Å². The number of amides is 3. The van der Waals surface area contributed by atoms with E-state index >= 15 is 0 Å². The molecule has 3 amide bonds. The van der Waals surface area contributed by atoms with E-state index in [4.69, 9.17) is 0 Å². The molecule has 0 aromatic rings. The number of rotatable bonds is 5. The summed E-state index contributed by atoms with van der Waals surface area (Å²) in [4.78, 5) is 28.2. The zero-order valence-electron chi connectivity index (χ0n) is 14.1. The average Bonchev–Trinajstić information content (AvgIpc) is 3.09. The molecule has 1 aliphatic heterocycles. The van der Waals surface area contributed by atoms with Crippen molar-refractivity contribution in [2.24, 2.45) is 5.92 Å². The van der Waals surface area contributed by atoms with Gasteiger partial charge in [-0.2, -0.15) is 0 Å². The van der Waals surface area contributed by atoms with Crippen LogP contribution in [0.15, 0.2) is 0 Å².